The Morgan fingerprint density at radius 3 is 2.47 bits per heavy atom. The SMILES string of the molecule is O=C(OCc1nc(-c2ccc(C(F)(F)F)cc2)no1)C1CCCN(C(=O)c2ccc(F)cc2)C1. The number of rotatable bonds is 5. The highest BCUT2D eigenvalue weighted by Gasteiger charge is 2.31. The summed E-state index contributed by atoms with van der Waals surface area (Å²) >= 11 is 0. The smallest absolute Gasteiger partial charge is 0.416 e. The van der Waals surface area contributed by atoms with Crippen molar-refractivity contribution in [2.75, 3.05) is 13.1 Å². The van der Waals surface area contributed by atoms with E-state index in [1.807, 2.05) is 0 Å². The Kier molecular flexibility index (Phi) is 6.62. The lowest BCUT2D eigenvalue weighted by Crippen LogP contribution is -2.42. The Bertz CT molecular complexity index is 1160. The summed E-state index contributed by atoms with van der Waals surface area (Å²) in [5.41, 5.74) is -0.151. The fourth-order valence-corrected chi connectivity index (χ4v) is 3.62. The van der Waals surface area contributed by atoms with Crippen molar-refractivity contribution in [2.45, 2.75) is 25.6 Å². The molecule has 3 aromatic rings. The van der Waals surface area contributed by atoms with Crippen molar-refractivity contribution in [3.8, 4) is 11.4 Å². The molecule has 1 aliphatic rings. The van der Waals surface area contributed by atoms with E-state index >= 15 is 0 Å². The maximum Gasteiger partial charge on any atom is 0.416 e. The summed E-state index contributed by atoms with van der Waals surface area (Å²) in [6, 6.07) is 9.45. The first kappa shape index (κ1) is 23.4. The molecule has 0 aliphatic carbocycles. The minimum Gasteiger partial charge on any atom is -0.455 e. The van der Waals surface area contributed by atoms with Gasteiger partial charge in [0.2, 0.25) is 5.82 Å². The standard InChI is InChI=1S/C23H19F4N3O4/c24-18-9-5-15(6-10-18)21(31)30-11-1-2-16(12-30)22(32)33-13-19-28-20(29-34-19)14-3-7-17(8-4-14)23(25,26)27/h3-10,16H,1-2,11-13H2. The number of alkyl halides is 3. The van der Waals surface area contributed by atoms with Gasteiger partial charge in [-0.05, 0) is 49.2 Å². The topological polar surface area (TPSA) is 85.5 Å². The van der Waals surface area contributed by atoms with E-state index in [9.17, 15) is 27.2 Å². The zero-order chi connectivity index (χ0) is 24.3. The van der Waals surface area contributed by atoms with Gasteiger partial charge in [0.15, 0.2) is 6.61 Å². The van der Waals surface area contributed by atoms with Crippen molar-refractivity contribution in [1.29, 1.82) is 0 Å². The Morgan fingerprint density at radius 1 is 1.09 bits per heavy atom. The molecule has 1 amide bonds. The lowest BCUT2D eigenvalue weighted by atomic mass is 9.97. The molecule has 34 heavy (non-hydrogen) atoms. The van der Waals surface area contributed by atoms with Gasteiger partial charge in [0.1, 0.15) is 5.82 Å². The van der Waals surface area contributed by atoms with Crippen LogP contribution in [0.1, 0.15) is 34.7 Å². The Hall–Kier alpha value is -3.76. The van der Waals surface area contributed by atoms with E-state index in [-0.39, 0.29) is 30.8 Å². The molecule has 1 aromatic heterocycles. The first-order valence-electron chi connectivity index (χ1n) is 10.4. The van der Waals surface area contributed by atoms with Gasteiger partial charge in [-0.1, -0.05) is 17.3 Å². The minimum atomic E-state index is -4.45. The van der Waals surface area contributed by atoms with Crippen LogP contribution in [0.4, 0.5) is 17.6 Å². The van der Waals surface area contributed by atoms with Gasteiger partial charge in [-0.2, -0.15) is 18.2 Å². The molecule has 0 radical (unpaired) electrons. The summed E-state index contributed by atoms with van der Waals surface area (Å²) in [5, 5.41) is 3.71. The number of hydrogen-bond acceptors (Lipinski definition) is 6. The maximum absolute atomic E-state index is 13.1. The van der Waals surface area contributed by atoms with E-state index in [1.165, 1.54) is 41.3 Å². The van der Waals surface area contributed by atoms with Gasteiger partial charge < -0.3 is 14.2 Å². The van der Waals surface area contributed by atoms with Crippen LogP contribution in [-0.4, -0.2) is 40.0 Å². The molecule has 178 valence electrons. The number of aromatic nitrogens is 2. The molecular formula is C23H19F4N3O4. The minimum absolute atomic E-state index is 0.0155. The average molecular weight is 477 g/mol. The van der Waals surface area contributed by atoms with E-state index in [1.54, 1.807) is 0 Å². The number of halogens is 4. The summed E-state index contributed by atoms with van der Waals surface area (Å²) in [6.45, 7) is 0.324. The molecule has 1 aliphatic heterocycles. The van der Waals surface area contributed by atoms with Gasteiger partial charge in [0.25, 0.3) is 11.8 Å². The third kappa shape index (κ3) is 5.41. The summed E-state index contributed by atoms with van der Waals surface area (Å²) in [4.78, 5) is 30.7. The second-order valence-corrected chi connectivity index (χ2v) is 7.79. The molecule has 1 fully saturated rings. The van der Waals surface area contributed by atoms with Gasteiger partial charge in [0, 0.05) is 24.2 Å². The van der Waals surface area contributed by atoms with Crippen LogP contribution in [0.2, 0.25) is 0 Å². The number of amides is 1. The second kappa shape index (κ2) is 9.62. The summed E-state index contributed by atoms with van der Waals surface area (Å²) in [6.07, 6.45) is -3.31. The van der Waals surface area contributed by atoms with Gasteiger partial charge in [0.05, 0.1) is 11.5 Å². The molecule has 1 unspecified atom stereocenters. The Labute approximate surface area is 191 Å². The third-order valence-electron chi connectivity index (χ3n) is 5.41. The summed E-state index contributed by atoms with van der Waals surface area (Å²) in [7, 11) is 0. The fourth-order valence-electron chi connectivity index (χ4n) is 3.62. The molecule has 2 aromatic carbocycles. The molecule has 1 saturated heterocycles. The molecule has 0 spiro atoms. The summed E-state index contributed by atoms with van der Waals surface area (Å²) < 4.78 is 61.5. The normalized spacial score (nSPS) is 16.4. The molecule has 7 nitrogen and oxygen atoms in total. The molecule has 0 N–H and O–H groups in total. The number of piperidine rings is 1. The number of likely N-dealkylation sites (tertiary alicyclic amines) is 1. The average Bonchev–Trinajstić information content (AvgIpc) is 3.31. The van der Waals surface area contributed by atoms with Crippen molar-refractivity contribution < 1.29 is 36.4 Å². The highest BCUT2D eigenvalue weighted by atomic mass is 19.4. The largest absolute Gasteiger partial charge is 0.455 e. The van der Waals surface area contributed by atoms with Gasteiger partial charge >= 0.3 is 12.1 Å². The quantitative estimate of drug-likeness (QED) is 0.398. The van der Waals surface area contributed by atoms with E-state index < -0.39 is 29.4 Å². The maximum atomic E-state index is 13.1. The van der Waals surface area contributed by atoms with E-state index in [0.717, 1.165) is 12.1 Å². The van der Waals surface area contributed by atoms with Gasteiger partial charge in [-0.3, -0.25) is 9.59 Å². The number of esters is 1. The Balaban J connectivity index is 1.32. The molecule has 11 heteroatoms. The van der Waals surface area contributed by atoms with E-state index in [0.29, 0.717) is 30.5 Å². The predicted molar refractivity (Wildman–Crippen MR) is 110 cm³/mol. The number of ether oxygens (including phenoxy) is 1. The van der Waals surface area contributed by atoms with E-state index in [4.69, 9.17) is 9.26 Å². The van der Waals surface area contributed by atoms with Crippen LogP contribution in [0.3, 0.4) is 0 Å². The lowest BCUT2D eigenvalue weighted by molar-refractivity contribution is -0.152. The number of carbonyl (C=O) groups excluding carboxylic acids is 2. The highest BCUT2D eigenvalue weighted by Crippen LogP contribution is 2.30. The molecular weight excluding hydrogens is 458 g/mol. The first-order chi connectivity index (χ1) is 16.2. The number of carbonyl (C=O) groups is 2. The molecule has 0 saturated carbocycles. The Morgan fingerprint density at radius 2 is 1.79 bits per heavy atom. The monoisotopic (exact) mass is 477 g/mol. The molecule has 4 rings (SSSR count). The van der Waals surface area contributed by atoms with Crippen molar-refractivity contribution in [3.63, 3.8) is 0 Å². The fraction of sp³-hybridized carbons (Fsp3) is 0.304. The molecule has 0 bridgehead atoms. The van der Waals surface area contributed by atoms with Crippen LogP contribution in [0.25, 0.3) is 11.4 Å². The van der Waals surface area contributed by atoms with Crippen LogP contribution in [0, 0.1) is 11.7 Å². The van der Waals surface area contributed by atoms with Crippen LogP contribution in [0.5, 0.6) is 0 Å². The van der Waals surface area contributed by atoms with Crippen LogP contribution in [0.15, 0.2) is 53.1 Å². The predicted octanol–water partition coefficient (Wildman–Crippen LogP) is 4.49. The zero-order valence-electron chi connectivity index (χ0n) is 17.7. The van der Waals surface area contributed by atoms with Crippen molar-refractivity contribution >= 4 is 11.9 Å². The molecule has 2 heterocycles. The van der Waals surface area contributed by atoms with Crippen molar-refractivity contribution in [1.82, 2.24) is 15.0 Å². The number of nitrogens with zero attached hydrogens (tertiary/aromatic N) is 3. The van der Waals surface area contributed by atoms with Gasteiger partial charge in [-0.25, -0.2) is 4.39 Å². The number of benzene rings is 2. The first-order valence-corrected chi connectivity index (χ1v) is 10.4. The number of hydrogen-bond donors (Lipinski definition) is 0. The lowest BCUT2D eigenvalue weighted by Gasteiger charge is -2.31. The molecule has 1 atom stereocenters. The van der Waals surface area contributed by atoms with Gasteiger partial charge in [-0.15, -0.1) is 0 Å². The second-order valence-electron chi connectivity index (χ2n) is 7.79. The van der Waals surface area contributed by atoms with Crippen molar-refractivity contribution in [2.24, 2.45) is 5.92 Å². The van der Waals surface area contributed by atoms with Crippen molar-refractivity contribution in [3.05, 3.63) is 71.4 Å². The zero-order valence-corrected chi connectivity index (χ0v) is 17.7. The highest BCUT2D eigenvalue weighted by molar-refractivity contribution is 5.94. The summed E-state index contributed by atoms with van der Waals surface area (Å²) in [5.74, 6) is -1.78. The third-order valence-corrected chi connectivity index (χ3v) is 5.41. The van der Waals surface area contributed by atoms with E-state index in [2.05, 4.69) is 10.1 Å². The van der Waals surface area contributed by atoms with Crippen LogP contribution in [-0.2, 0) is 22.3 Å². The van der Waals surface area contributed by atoms with Crippen LogP contribution < -0.4 is 0 Å². The van der Waals surface area contributed by atoms with Crippen LogP contribution >= 0.6 is 0 Å².